The summed E-state index contributed by atoms with van der Waals surface area (Å²) < 4.78 is 2.27. The molecule has 1 aromatic heterocycles. The third kappa shape index (κ3) is 1.58. The second-order valence-corrected chi connectivity index (χ2v) is 5.04. The number of likely N-dealkylation sites (N-methyl/N-ethyl adjacent to an activating group) is 1. The van der Waals surface area contributed by atoms with Gasteiger partial charge in [0, 0.05) is 36.1 Å². The fourth-order valence-electron chi connectivity index (χ4n) is 2.91. The maximum atomic E-state index is 5.91. The van der Waals surface area contributed by atoms with Crippen LogP contribution in [0, 0.1) is 6.92 Å². The van der Waals surface area contributed by atoms with Gasteiger partial charge in [0.1, 0.15) is 0 Å². The van der Waals surface area contributed by atoms with Gasteiger partial charge in [-0.05, 0) is 31.7 Å². The Morgan fingerprint density at radius 2 is 2.18 bits per heavy atom. The Morgan fingerprint density at radius 3 is 2.94 bits per heavy atom. The van der Waals surface area contributed by atoms with E-state index in [1.54, 1.807) is 0 Å². The van der Waals surface area contributed by atoms with Crippen LogP contribution in [0.2, 0.25) is 0 Å². The number of nitrogens with two attached hydrogens (primary N) is 1. The normalized spacial score (nSPS) is 16.4. The molecule has 17 heavy (non-hydrogen) atoms. The highest BCUT2D eigenvalue weighted by atomic mass is 15.1. The van der Waals surface area contributed by atoms with Crippen LogP contribution in [0.3, 0.4) is 0 Å². The predicted octanol–water partition coefficient (Wildman–Crippen LogP) is 1.85. The van der Waals surface area contributed by atoms with Gasteiger partial charge >= 0.3 is 0 Å². The van der Waals surface area contributed by atoms with E-state index in [1.807, 2.05) is 0 Å². The van der Waals surface area contributed by atoms with E-state index in [-0.39, 0.29) is 0 Å². The van der Waals surface area contributed by atoms with Gasteiger partial charge in [-0.2, -0.15) is 0 Å². The highest BCUT2D eigenvalue weighted by Crippen LogP contribution is 2.30. The van der Waals surface area contributed by atoms with Crippen molar-refractivity contribution in [1.29, 1.82) is 0 Å². The van der Waals surface area contributed by atoms with Crippen molar-refractivity contribution in [2.45, 2.75) is 26.6 Å². The summed E-state index contributed by atoms with van der Waals surface area (Å²) >= 11 is 0. The van der Waals surface area contributed by atoms with Gasteiger partial charge in [0.25, 0.3) is 0 Å². The minimum atomic E-state index is 0.582. The molecule has 0 unspecified atom stereocenters. The summed E-state index contributed by atoms with van der Waals surface area (Å²) in [5.74, 6) is 0. The van der Waals surface area contributed by atoms with Gasteiger partial charge in [0.15, 0.2) is 0 Å². The van der Waals surface area contributed by atoms with Crippen molar-refractivity contribution >= 4 is 10.9 Å². The van der Waals surface area contributed by atoms with Crippen molar-refractivity contribution in [3.05, 3.63) is 35.0 Å². The first kappa shape index (κ1) is 10.8. The van der Waals surface area contributed by atoms with Gasteiger partial charge in [-0.25, -0.2) is 0 Å². The molecular formula is C14H19N3. The van der Waals surface area contributed by atoms with Crippen molar-refractivity contribution in [3.8, 4) is 0 Å². The smallest absolute Gasteiger partial charge is 0.0703 e. The number of aryl methyl sites for hydroxylation is 1. The van der Waals surface area contributed by atoms with Gasteiger partial charge in [-0.15, -0.1) is 0 Å². The standard InChI is InChI=1S/C14H19N3/c1-10-3-4-13-11(7-10)12-8-16(2)6-5-14(12)17(13)9-15/h3-4,7H,5-6,8-9,15H2,1-2H3. The SMILES string of the molecule is Cc1ccc2c(c1)c1c(n2CN)CCN(C)C1. The lowest BCUT2D eigenvalue weighted by Gasteiger charge is -2.23. The number of aromatic nitrogens is 1. The molecule has 0 saturated carbocycles. The number of nitrogens with zero attached hydrogens (tertiary/aromatic N) is 2. The fraction of sp³-hybridized carbons (Fsp3) is 0.429. The Kier molecular flexibility index (Phi) is 2.45. The van der Waals surface area contributed by atoms with Crippen LogP contribution in [0.5, 0.6) is 0 Å². The average Bonchev–Trinajstić information content (AvgIpc) is 2.62. The second-order valence-electron chi connectivity index (χ2n) is 5.04. The molecule has 0 saturated heterocycles. The Morgan fingerprint density at radius 1 is 1.35 bits per heavy atom. The molecule has 0 amide bonds. The van der Waals surface area contributed by atoms with Gasteiger partial charge in [-0.1, -0.05) is 11.6 Å². The van der Waals surface area contributed by atoms with E-state index in [9.17, 15) is 0 Å². The van der Waals surface area contributed by atoms with Crippen molar-refractivity contribution in [2.75, 3.05) is 13.6 Å². The maximum Gasteiger partial charge on any atom is 0.0703 e. The van der Waals surface area contributed by atoms with Gasteiger partial charge in [0.05, 0.1) is 6.67 Å². The highest BCUT2D eigenvalue weighted by Gasteiger charge is 2.21. The minimum Gasteiger partial charge on any atom is -0.331 e. The Balaban J connectivity index is 2.32. The zero-order valence-corrected chi connectivity index (χ0v) is 10.5. The summed E-state index contributed by atoms with van der Waals surface area (Å²) in [7, 11) is 2.18. The summed E-state index contributed by atoms with van der Waals surface area (Å²) in [5.41, 5.74) is 11.4. The van der Waals surface area contributed by atoms with Crippen molar-refractivity contribution in [3.63, 3.8) is 0 Å². The molecule has 0 atom stereocenters. The van der Waals surface area contributed by atoms with E-state index < -0.39 is 0 Å². The van der Waals surface area contributed by atoms with E-state index in [0.29, 0.717) is 6.67 Å². The van der Waals surface area contributed by atoms with Gasteiger partial charge < -0.3 is 15.2 Å². The zero-order chi connectivity index (χ0) is 12.0. The van der Waals surface area contributed by atoms with Gasteiger partial charge in [0.2, 0.25) is 0 Å². The number of fused-ring (bicyclic) bond motifs is 3. The first-order chi connectivity index (χ1) is 8.20. The minimum absolute atomic E-state index is 0.582. The topological polar surface area (TPSA) is 34.2 Å². The predicted molar refractivity (Wildman–Crippen MR) is 70.9 cm³/mol. The van der Waals surface area contributed by atoms with Crippen LogP contribution in [0.1, 0.15) is 16.8 Å². The van der Waals surface area contributed by atoms with Crippen LogP contribution >= 0.6 is 0 Å². The molecule has 0 bridgehead atoms. The van der Waals surface area contributed by atoms with Crippen LogP contribution in [-0.4, -0.2) is 23.1 Å². The van der Waals surface area contributed by atoms with E-state index in [4.69, 9.17) is 5.73 Å². The van der Waals surface area contributed by atoms with Crippen LogP contribution in [0.25, 0.3) is 10.9 Å². The monoisotopic (exact) mass is 229 g/mol. The van der Waals surface area contributed by atoms with Crippen LogP contribution in [0.15, 0.2) is 18.2 Å². The van der Waals surface area contributed by atoms with Crippen molar-refractivity contribution < 1.29 is 0 Å². The quantitative estimate of drug-likeness (QED) is 0.810. The van der Waals surface area contributed by atoms with E-state index in [2.05, 4.69) is 41.6 Å². The largest absolute Gasteiger partial charge is 0.331 e. The average molecular weight is 229 g/mol. The summed E-state index contributed by atoms with van der Waals surface area (Å²) in [6.45, 7) is 4.90. The van der Waals surface area contributed by atoms with Crippen LogP contribution in [0.4, 0.5) is 0 Å². The van der Waals surface area contributed by atoms with E-state index in [1.165, 1.54) is 27.7 Å². The van der Waals surface area contributed by atoms with E-state index >= 15 is 0 Å². The fourth-order valence-corrected chi connectivity index (χ4v) is 2.91. The van der Waals surface area contributed by atoms with Crippen molar-refractivity contribution in [2.24, 2.45) is 5.73 Å². The lowest BCUT2D eigenvalue weighted by atomic mass is 10.0. The summed E-state index contributed by atoms with van der Waals surface area (Å²) in [5, 5.41) is 1.39. The molecule has 2 aromatic rings. The molecule has 0 spiro atoms. The maximum absolute atomic E-state index is 5.91. The molecule has 3 rings (SSSR count). The summed E-state index contributed by atoms with van der Waals surface area (Å²) in [6.07, 6.45) is 1.11. The Labute approximate surface area is 102 Å². The number of rotatable bonds is 1. The van der Waals surface area contributed by atoms with Crippen molar-refractivity contribution in [1.82, 2.24) is 9.47 Å². The molecule has 1 aliphatic rings. The number of hydrogen-bond acceptors (Lipinski definition) is 2. The summed E-state index contributed by atoms with van der Waals surface area (Å²) in [6, 6.07) is 6.67. The second kappa shape index (κ2) is 3.86. The van der Waals surface area contributed by atoms with Crippen LogP contribution in [-0.2, 0) is 19.6 Å². The molecular weight excluding hydrogens is 210 g/mol. The molecule has 1 aliphatic heterocycles. The third-order valence-corrected chi connectivity index (χ3v) is 3.78. The molecule has 0 aliphatic carbocycles. The zero-order valence-electron chi connectivity index (χ0n) is 10.5. The number of hydrogen-bond donors (Lipinski definition) is 1. The molecule has 3 heteroatoms. The van der Waals surface area contributed by atoms with E-state index in [0.717, 1.165) is 19.5 Å². The molecule has 90 valence electrons. The Hall–Kier alpha value is -1.32. The first-order valence-electron chi connectivity index (χ1n) is 6.20. The molecule has 2 N–H and O–H groups in total. The highest BCUT2D eigenvalue weighted by molar-refractivity contribution is 5.86. The molecule has 2 heterocycles. The lowest BCUT2D eigenvalue weighted by Crippen LogP contribution is -2.27. The van der Waals surface area contributed by atoms with Gasteiger partial charge in [-0.3, -0.25) is 0 Å². The third-order valence-electron chi connectivity index (χ3n) is 3.78. The van der Waals surface area contributed by atoms with Crippen LogP contribution < -0.4 is 5.73 Å². The molecule has 3 nitrogen and oxygen atoms in total. The molecule has 0 radical (unpaired) electrons. The summed E-state index contributed by atoms with van der Waals surface area (Å²) in [4.78, 5) is 2.38. The Bertz CT molecular complexity index is 568. The number of benzene rings is 1. The molecule has 0 fully saturated rings. The first-order valence-corrected chi connectivity index (χ1v) is 6.20. The lowest BCUT2D eigenvalue weighted by molar-refractivity contribution is 0.309. The molecule has 1 aromatic carbocycles.